The lowest BCUT2D eigenvalue weighted by molar-refractivity contribution is -0.133. The van der Waals surface area contributed by atoms with Crippen molar-refractivity contribution in [1.29, 1.82) is 0 Å². The van der Waals surface area contributed by atoms with Crippen molar-refractivity contribution in [2.75, 3.05) is 13.1 Å². The van der Waals surface area contributed by atoms with Crippen molar-refractivity contribution in [3.05, 3.63) is 48.6 Å². The molecule has 2 rings (SSSR count). The molecule has 1 saturated heterocycles. The van der Waals surface area contributed by atoms with Gasteiger partial charge in [0.25, 0.3) is 0 Å². The number of carbonyl (C=O) groups excluding carboxylic acids is 1. The van der Waals surface area contributed by atoms with Crippen LogP contribution in [0.4, 0.5) is 0 Å². The molecule has 1 heterocycles. The highest BCUT2D eigenvalue weighted by Gasteiger charge is 2.28. The monoisotopic (exact) mass is 272 g/mol. The standard InChI is InChI=1S/C17H24N2O/c1-3-14(2)16(17(20)19-11-7-8-12-19)18-13-15-9-5-4-6-10-15/h3-6,9-10,14,16,18H,1,7-8,11-13H2,2H3. The molecule has 1 N–H and O–H groups in total. The van der Waals surface area contributed by atoms with Crippen molar-refractivity contribution in [3.63, 3.8) is 0 Å². The molecule has 1 aliphatic heterocycles. The molecule has 3 heteroatoms. The first-order valence-electron chi connectivity index (χ1n) is 7.41. The van der Waals surface area contributed by atoms with Gasteiger partial charge in [-0.05, 0) is 24.3 Å². The number of likely N-dealkylation sites (tertiary alicyclic amines) is 1. The summed E-state index contributed by atoms with van der Waals surface area (Å²) in [5.41, 5.74) is 1.20. The van der Waals surface area contributed by atoms with Crippen LogP contribution in [0.15, 0.2) is 43.0 Å². The fourth-order valence-corrected chi connectivity index (χ4v) is 2.59. The summed E-state index contributed by atoms with van der Waals surface area (Å²) >= 11 is 0. The van der Waals surface area contributed by atoms with Crippen LogP contribution in [0.3, 0.4) is 0 Å². The number of rotatable bonds is 6. The van der Waals surface area contributed by atoms with E-state index in [1.165, 1.54) is 5.56 Å². The van der Waals surface area contributed by atoms with Gasteiger partial charge >= 0.3 is 0 Å². The summed E-state index contributed by atoms with van der Waals surface area (Å²) in [5, 5.41) is 3.40. The lowest BCUT2D eigenvalue weighted by Crippen LogP contribution is -2.48. The molecule has 1 fully saturated rings. The van der Waals surface area contributed by atoms with Gasteiger partial charge in [-0.25, -0.2) is 0 Å². The number of amides is 1. The van der Waals surface area contributed by atoms with Gasteiger partial charge in [-0.15, -0.1) is 6.58 Å². The molecule has 0 aromatic heterocycles. The Hall–Kier alpha value is -1.61. The molecule has 1 aliphatic rings. The van der Waals surface area contributed by atoms with Crippen LogP contribution in [0, 0.1) is 5.92 Å². The van der Waals surface area contributed by atoms with Gasteiger partial charge in [-0.3, -0.25) is 4.79 Å². The first-order chi connectivity index (χ1) is 9.72. The smallest absolute Gasteiger partial charge is 0.240 e. The largest absolute Gasteiger partial charge is 0.341 e. The quantitative estimate of drug-likeness (QED) is 0.807. The summed E-state index contributed by atoms with van der Waals surface area (Å²) in [6.07, 6.45) is 4.11. The Morgan fingerprint density at radius 1 is 1.35 bits per heavy atom. The zero-order valence-electron chi connectivity index (χ0n) is 12.2. The molecule has 2 unspecified atom stereocenters. The van der Waals surface area contributed by atoms with Gasteiger partial charge in [0.1, 0.15) is 0 Å². The lowest BCUT2D eigenvalue weighted by atomic mass is 10.0. The Morgan fingerprint density at radius 3 is 2.60 bits per heavy atom. The molecule has 2 atom stereocenters. The second-order valence-corrected chi connectivity index (χ2v) is 5.47. The van der Waals surface area contributed by atoms with Crippen molar-refractivity contribution in [1.82, 2.24) is 10.2 Å². The van der Waals surface area contributed by atoms with Gasteiger partial charge < -0.3 is 10.2 Å². The van der Waals surface area contributed by atoms with E-state index in [-0.39, 0.29) is 17.9 Å². The average Bonchev–Trinajstić information content (AvgIpc) is 3.02. The van der Waals surface area contributed by atoms with Gasteiger partial charge in [-0.1, -0.05) is 43.3 Å². The highest BCUT2D eigenvalue weighted by atomic mass is 16.2. The predicted molar refractivity (Wildman–Crippen MR) is 82.2 cm³/mol. The van der Waals surface area contributed by atoms with E-state index in [2.05, 4.69) is 24.0 Å². The molecule has 1 aromatic rings. The van der Waals surface area contributed by atoms with Crippen LogP contribution in [0.2, 0.25) is 0 Å². The number of carbonyl (C=O) groups is 1. The zero-order valence-corrected chi connectivity index (χ0v) is 12.2. The summed E-state index contributed by atoms with van der Waals surface area (Å²) in [4.78, 5) is 14.6. The van der Waals surface area contributed by atoms with Gasteiger partial charge in [-0.2, -0.15) is 0 Å². The molecule has 0 spiro atoms. The third-order valence-corrected chi connectivity index (χ3v) is 3.95. The second-order valence-electron chi connectivity index (χ2n) is 5.47. The normalized spacial score (nSPS) is 17.8. The molecule has 0 bridgehead atoms. The maximum atomic E-state index is 12.6. The number of hydrogen-bond acceptors (Lipinski definition) is 2. The molecule has 3 nitrogen and oxygen atoms in total. The van der Waals surface area contributed by atoms with E-state index < -0.39 is 0 Å². The molecule has 0 aliphatic carbocycles. The highest BCUT2D eigenvalue weighted by molar-refractivity contribution is 5.82. The predicted octanol–water partition coefficient (Wildman–Crippen LogP) is 2.59. The SMILES string of the molecule is C=CC(C)C(NCc1ccccc1)C(=O)N1CCCC1. The van der Waals surface area contributed by atoms with E-state index in [1.54, 1.807) is 0 Å². The fourth-order valence-electron chi connectivity index (χ4n) is 2.59. The fraction of sp³-hybridized carbons (Fsp3) is 0.471. The Morgan fingerprint density at radius 2 is 2.00 bits per heavy atom. The molecule has 0 saturated carbocycles. The summed E-state index contributed by atoms with van der Waals surface area (Å²) in [5.74, 6) is 0.345. The number of hydrogen-bond donors (Lipinski definition) is 1. The van der Waals surface area contributed by atoms with E-state index in [4.69, 9.17) is 0 Å². The summed E-state index contributed by atoms with van der Waals surface area (Å²) in [6, 6.07) is 10.0. The van der Waals surface area contributed by atoms with E-state index in [1.807, 2.05) is 36.1 Å². The van der Waals surface area contributed by atoms with Gasteiger partial charge in [0.15, 0.2) is 0 Å². The van der Waals surface area contributed by atoms with Crippen LogP contribution >= 0.6 is 0 Å². The summed E-state index contributed by atoms with van der Waals surface area (Å²) in [6.45, 7) is 8.38. The van der Waals surface area contributed by atoms with Crippen LogP contribution in [0.5, 0.6) is 0 Å². The average molecular weight is 272 g/mol. The van der Waals surface area contributed by atoms with Crippen molar-refractivity contribution >= 4 is 5.91 Å². The summed E-state index contributed by atoms with van der Waals surface area (Å²) < 4.78 is 0. The van der Waals surface area contributed by atoms with Crippen molar-refractivity contribution in [2.24, 2.45) is 5.92 Å². The second kappa shape index (κ2) is 7.25. The minimum absolute atomic E-state index is 0.131. The Balaban J connectivity index is 1.99. The maximum absolute atomic E-state index is 12.6. The Bertz CT molecular complexity index is 438. The molecular weight excluding hydrogens is 248 g/mol. The van der Waals surface area contributed by atoms with Gasteiger partial charge in [0, 0.05) is 19.6 Å². The van der Waals surface area contributed by atoms with Crippen molar-refractivity contribution < 1.29 is 4.79 Å². The molecule has 108 valence electrons. The number of nitrogens with one attached hydrogen (secondary N) is 1. The Kier molecular flexibility index (Phi) is 5.36. The van der Waals surface area contributed by atoms with Crippen LogP contribution in [-0.2, 0) is 11.3 Å². The third-order valence-electron chi connectivity index (χ3n) is 3.95. The minimum Gasteiger partial charge on any atom is -0.341 e. The molecular formula is C17H24N2O. The highest BCUT2D eigenvalue weighted by Crippen LogP contribution is 2.14. The van der Waals surface area contributed by atoms with Gasteiger partial charge in [0.05, 0.1) is 6.04 Å². The van der Waals surface area contributed by atoms with Crippen molar-refractivity contribution in [3.8, 4) is 0 Å². The number of nitrogens with zero attached hydrogens (tertiary/aromatic N) is 1. The molecule has 20 heavy (non-hydrogen) atoms. The maximum Gasteiger partial charge on any atom is 0.240 e. The first-order valence-corrected chi connectivity index (χ1v) is 7.41. The van der Waals surface area contributed by atoms with Crippen LogP contribution in [0.1, 0.15) is 25.3 Å². The van der Waals surface area contributed by atoms with Crippen LogP contribution < -0.4 is 5.32 Å². The Labute approximate surface area is 121 Å². The van der Waals surface area contributed by atoms with Gasteiger partial charge in [0.2, 0.25) is 5.91 Å². The zero-order chi connectivity index (χ0) is 14.4. The minimum atomic E-state index is -0.175. The van der Waals surface area contributed by atoms with E-state index in [0.29, 0.717) is 6.54 Å². The topological polar surface area (TPSA) is 32.3 Å². The molecule has 0 radical (unpaired) electrons. The summed E-state index contributed by atoms with van der Waals surface area (Å²) in [7, 11) is 0. The first kappa shape index (κ1) is 14.8. The lowest BCUT2D eigenvalue weighted by Gasteiger charge is -2.27. The number of benzene rings is 1. The van der Waals surface area contributed by atoms with Crippen LogP contribution in [0.25, 0.3) is 0 Å². The molecule has 1 amide bonds. The van der Waals surface area contributed by atoms with E-state index in [9.17, 15) is 4.79 Å². The third kappa shape index (κ3) is 3.70. The molecule has 1 aromatic carbocycles. The van der Waals surface area contributed by atoms with E-state index >= 15 is 0 Å². The van der Waals surface area contributed by atoms with Crippen LogP contribution in [-0.4, -0.2) is 29.9 Å². The van der Waals surface area contributed by atoms with Crippen molar-refractivity contribution in [2.45, 2.75) is 32.4 Å². The van der Waals surface area contributed by atoms with E-state index in [0.717, 1.165) is 25.9 Å².